The van der Waals surface area contributed by atoms with E-state index in [-0.39, 0.29) is 24.2 Å². The largest absolute Gasteiger partial charge is 0.383 e. The second-order valence-electron chi connectivity index (χ2n) is 10.5. The van der Waals surface area contributed by atoms with Crippen LogP contribution in [0.3, 0.4) is 0 Å². The van der Waals surface area contributed by atoms with Gasteiger partial charge in [0.05, 0.1) is 22.2 Å². The number of nitrogens with one attached hydrogen (secondary N) is 2. The fourth-order valence-corrected chi connectivity index (χ4v) is 5.02. The van der Waals surface area contributed by atoms with E-state index in [9.17, 15) is 23.9 Å². The van der Waals surface area contributed by atoms with E-state index in [0.29, 0.717) is 29.8 Å². The maximum Gasteiger partial charge on any atom is 0.249 e. The van der Waals surface area contributed by atoms with Gasteiger partial charge in [0.15, 0.2) is 11.9 Å². The molecule has 2 unspecified atom stereocenters. The molecule has 0 spiro atoms. The molecule has 1 heterocycles. The Bertz CT molecular complexity index is 1210. The molecule has 3 N–H and O–H groups in total. The number of carbonyl (C=O) groups is 3. The van der Waals surface area contributed by atoms with Crippen LogP contribution in [0.25, 0.3) is 0 Å². The maximum absolute atomic E-state index is 14.3. The minimum atomic E-state index is -1.17. The van der Waals surface area contributed by atoms with Gasteiger partial charge in [-0.25, -0.2) is 4.39 Å². The summed E-state index contributed by atoms with van der Waals surface area (Å²) in [6.45, 7) is 5.30. The minimum Gasteiger partial charge on any atom is -0.383 e. The molecular formula is C28H33FN4O4. The van der Waals surface area contributed by atoms with Crippen molar-refractivity contribution in [2.75, 3.05) is 6.54 Å². The Balaban J connectivity index is 1.63. The van der Waals surface area contributed by atoms with E-state index in [1.807, 2.05) is 0 Å². The van der Waals surface area contributed by atoms with Crippen molar-refractivity contribution in [3.8, 4) is 0 Å². The molecule has 8 nitrogen and oxygen atoms in total. The first-order chi connectivity index (χ1) is 17.6. The van der Waals surface area contributed by atoms with Gasteiger partial charge in [0.25, 0.3) is 0 Å². The van der Waals surface area contributed by atoms with Crippen LogP contribution in [0, 0.1) is 22.6 Å². The average Bonchev–Trinajstić information content (AvgIpc) is 3.29. The number of benzene rings is 1. The average molecular weight is 509 g/mol. The van der Waals surface area contributed by atoms with Crippen LogP contribution in [-0.2, 0) is 14.4 Å². The Morgan fingerprint density at radius 1 is 1.22 bits per heavy atom. The molecule has 37 heavy (non-hydrogen) atoms. The lowest BCUT2D eigenvalue weighted by molar-refractivity contribution is -0.134. The molecule has 0 saturated heterocycles. The predicted molar refractivity (Wildman–Crippen MR) is 139 cm³/mol. The molecule has 196 valence electrons. The highest BCUT2D eigenvalue weighted by Crippen LogP contribution is 2.39. The molecule has 3 aliphatic rings. The van der Waals surface area contributed by atoms with Crippen molar-refractivity contribution in [2.45, 2.75) is 58.7 Å². The summed E-state index contributed by atoms with van der Waals surface area (Å²) < 4.78 is 14.3. The number of hydrogen-bond acceptors (Lipinski definition) is 6. The number of amides is 2. The fourth-order valence-electron chi connectivity index (χ4n) is 5.02. The summed E-state index contributed by atoms with van der Waals surface area (Å²) in [6.07, 6.45) is 8.76. The lowest BCUT2D eigenvalue weighted by atomic mass is 9.75. The molecular weight excluding hydrogens is 475 g/mol. The van der Waals surface area contributed by atoms with E-state index in [2.05, 4.69) is 15.6 Å². The van der Waals surface area contributed by atoms with E-state index in [0.717, 1.165) is 12.8 Å². The van der Waals surface area contributed by atoms with Gasteiger partial charge >= 0.3 is 0 Å². The van der Waals surface area contributed by atoms with Crippen LogP contribution in [-0.4, -0.2) is 53.4 Å². The molecule has 3 atom stereocenters. The molecule has 1 fully saturated rings. The fraction of sp³-hybridized carbons (Fsp3) is 0.464. The molecule has 1 aliphatic heterocycles. The number of halogens is 1. The highest BCUT2D eigenvalue weighted by Gasteiger charge is 2.43. The second-order valence-corrected chi connectivity index (χ2v) is 10.5. The Labute approximate surface area is 215 Å². The topological polar surface area (TPSA) is 120 Å². The lowest BCUT2D eigenvalue weighted by Gasteiger charge is -2.31. The maximum atomic E-state index is 14.3. The van der Waals surface area contributed by atoms with Crippen molar-refractivity contribution < 1.29 is 23.9 Å². The molecule has 1 saturated carbocycles. The third-order valence-electron chi connectivity index (χ3n) is 7.45. The number of fused-ring (bicyclic) bond motifs is 1. The standard InChI is InChI=1S/C28H33FN4O4/c1-17(2)23(35)25(36)31-16-28(12-6-7-13-28)26(37)33-22-15-30-20-10-9-18(29)14-19(20)24(32-22)27(3)11-5-4-8-21(27)34/h4-5,8-11,14-15,17,22-23,35H,6-7,12-13,16H2,1-3H3,(H,31,36)(H,33,37)/t22?,23-,27?/m0/s1. The quantitative estimate of drug-likeness (QED) is 0.524. The van der Waals surface area contributed by atoms with E-state index < -0.39 is 34.8 Å². The van der Waals surface area contributed by atoms with E-state index in [1.54, 1.807) is 39.0 Å². The van der Waals surface area contributed by atoms with Crippen LogP contribution in [0.2, 0.25) is 0 Å². The van der Waals surface area contributed by atoms with Crippen LogP contribution < -0.4 is 10.6 Å². The van der Waals surface area contributed by atoms with Crippen molar-refractivity contribution in [3.05, 3.63) is 53.9 Å². The Morgan fingerprint density at radius 2 is 1.95 bits per heavy atom. The smallest absolute Gasteiger partial charge is 0.249 e. The first-order valence-corrected chi connectivity index (χ1v) is 12.7. The number of rotatable bonds is 7. The van der Waals surface area contributed by atoms with Crippen LogP contribution in [0.15, 0.2) is 52.5 Å². The summed E-state index contributed by atoms with van der Waals surface area (Å²) in [5.41, 5.74) is -0.883. The molecule has 2 aliphatic carbocycles. The van der Waals surface area contributed by atoms with Gasteiger partial charge in [-0.05, 0) is 50.0 Å². The lowest BCUT2D eigenvalue weighted by Crippen LogP contribution is -2.51. The van der Waals surface area contributed by atoms with Gasteiger partial charge in [-0.2, -0.15) is 0 Å². The molecule has 0 aromatic heterocycles. The number of carbonyl (C=O) groups excluding carboxylic acids is 3. The number of aliphatic hydroxyl groups excluding tert-OH is 1. The van der Waals surface area contributed by atoms with Gasteiger partial charge in [-0.1, -0.05) is 44.9 Å². The van der Waals surface area contributed by atoms with Crippen LogP contribution in [0.5, 0.6) is 0 Å². The molecule has 0 bridgehead atoms. The predicted octanol–water partition coefficient (Wildman–Crippen LogP) is 3.17. The zero-order valence-corrected chi connectivity index (χ0v) is 21.3. The zero-order chi connectivity index (χ0) is 26.8. The first-order valence-electron chi connectivity index (χ1n) is 12.7. The number of allylic oxidation sites excluding steroid dienone is 4. The van der Waals surface area contributed by atoms with Crippen LogP contribution >= 0.6 is 0 Å². The monoisotopic (exact) mass is 508 g/mol. The normalized spacial score (nSPS) is 24.9. The summed E-state index contributed by atoms with van der Waals surface area (Å²) in [6, 6.07) is 4.11. The summed E-state index contributed by atoms with van der Waals surface area (Å²) >= 11 is 0. The second kappa shape index (κ2) is 10.5. The van der Waals surface area contributed by atoms with Gasteiger partial charge in [-0.3, -0.25) is 24.4 Å². The first kappa shape index (κ1) is 26.6. The molecule has 1 aromatic rings. The van der Waals surface area contributed by atoms with Gasteiger partial charge < -0.3 is 15.7 Å². The Morgan fingerprint density at radius 3 is 2.62 bits per heavy atom. The van der Waals surface area contributed by atoms with Crippen LogP contribution in [0.4, 0.5) is 10.1 Å². The molecule has 4 rings (SSSR count). The highest BCUT2D eigenvalue weighted by molar-refractivity contribution is 6.24. The van der Waals surface area contributed by atoms with Gasteiger partial charge in [-0.15, -0.1) is 0 Å². The number of aliphatic imine (C=N–C) groups is 2. The minimum absolute atomic E-state index is 0.0943. The van der Waals surface area contributed by atoms with E-state index in [4.69, 9.17) is 4.99 Å². The van der Waals surface area contributed by atoms with E-state index >= 15 is 0 Å². The number of aliphatic hydroxyl groups is 1. The van der Waals surface area contributed by atoms with Crippen molar-refractivity contribution >= 4 is 35.2 Å². The molecule has 2 amide bonds. The summed E-state index contributed by atoms with van der Waals surface area (Å²) in [4.78, 5) is 48.1. The van der Waals surface area contributed by atoms with Gasteiger partial charge in [0, 0.05) is 18.3 Å². The van der Waals surface area contributed by atoms with Gasteiger partial charge in [0.2, 0.25) is 11.8 Å². The Kier molecular flexibility index (Phi) is 7.54. The SMILES string of the molecule is CC(C)[C@H](O)C(=O)NCC1(C(=O)NC2C=Nc3ccc(F)cc3C(C3(C)C=CC=CC3=O)=N2)CCCC1. The summed E-state index contributed by atoms with van der Waals surface area (Å²) in [5, 5.41) is 15.8. The Hall–Kier alpha value is -3.46. The number of hydrogen-bond donors (Lipinski definition) is 3. The van der Waals surface area contributed by atoms with Crippen molar-refractivity contribution in [1.82, 2.24) is 10.6 Å². The number of nitrogens with zero attached hydrogens (tertiary/aromatic N) is 2. The van der Waals surface area contributed by atoms with Crippen molar-refractivity contribution in [3.63, 3.8) is 0 Å². The third kappa shape index (κ3) is 5.32. The highest BCUT2D eigenvalue weighted by atomic mass is 19.1. The van der Waals surface area contributed by atoms with Crippen LogP contribution in [0.1, 0.15) is 52.0 Å². The summed E-state index contributed by atoms with van der Waals surface area (Å²) in [7, 11) is 0. The van der Waals surface area contributed by atoms with E-state index in [1.165, 1.54) is 30.5 Å². The van der Waals surface area contributed by atoms with Gasteiger partial charge in [0.1, 0.15) is 11.9 Å². The summed E-state index contributed by atoms with van der Waals surface area (Å²) in [5.74, 6) is -1.75. The molecule has 1 aromatic carbocycles. The zero-order valence-electron chi connectivity index (χ0n) is 21.3. The van der Waals surface area contributed by atoms with Crippen molar-refractivity contribution in [2.24, 2.45) is 26.7 Å². The van der Waals surface area contributed by atoms with Crippen molar-refractivity contribution in [1.29, 1.82) is 0 Å². The number of ketones is 1. The third-order valence-corrected chi connectivity index (χ3v) is 7.45. The molecule has 9 heteroatoms. The molecule has 0 radical (unpaired) electrons.